The van der Waals surface area contributed by atoms with Crippen molar-refractivity contribution in [2.24, 2.45) is 4.99 Å². The van der Waals surface area contributed by atoms with Crippen LogP contribution in [0.4, 0.5) is 11.5 Å². The maximum absolute atomic E-state index is 10.5. The van der Waals surface area contributed by atoms with Gasteiger partial charge in [-0.3, -0.25) is 9.98 Å². The van der Waals surface area contributed by atoms with Crippen molar-refractivity contribution < 1.29 is 14.7 Å². The van der Waals surface area contributed by atoms with Crippen LogP contribution in [0.5, 0.6) is 0 Å². The highest BCUT2D eigenvalue weighted by Crippen LogP contribution is 2.40. The summed E-state index contributed by atoms with van der Waals surface area (Å²) >= 11 is 13.1. The van der Waals surface area contributed by atoms with Crippen molar-refractivity contribution in [2.45, 2.75) is 32.1 Å². The molecule has 1 aliphatic heterocycles. The fourth-order valence-corrected chi connectivity index (χ4v) is 4.20. The monoisotopic (exact) mass is 484 g/mol. The zero-order valence-electron chi connectivity index (χ0n) is 17.5. The molecule has 0 radical (unpaired) electrons. The summed E-state index contributed by atoms with van der Waals surface area (Å²) in [5, 5.41) is 29.0. The number of aliphatic imine (C=N–C) groups is 1. The van der Waals surface area contributed by atoms with Crippen LogP contribution in [0.15, 0.2) is 40.1 Å². The van der Waals surface area contributed by atoms with Gasteiger partial charge in [-0.1, -0.05) is 28.4 Å². The quantitative estimate of drug-likeness (QED) is 0.383. The predicted octanol–water partition coefficient (Wildman–Crippen LogP) is 4.58. The number of benzene rings is 1. The van der Waals surface area contributed by atoms with Crippen molar-refractivity contribution in [3.8, 4) is 11.4 Å². The Labute approximate surface area is 198 Å². The number of halogens is 2. The molecule has 4 heterocycles. The van der Waals surface area contributed by atoms with Crippen molar-refractivity contribution in [1.82, 2.24) is 20.1 Å². The standard InChI is InChI=1S/C22H18Cl2N6O3/c1-22(2,32)21-29-18(30-33-21)10-7-13(23)17(14(24)8-10)28-19-11-3-6-26-20(31)16(11)12-9-25-5-4-15(12)27-19/h4-9,20,31-32H,3H2,1-2H3,(H,27,28). The van der Waals surface area contributed by atoms with Gasteiger partial charge in [0, 0.05) is 47.1 Å². The van der Waals surface area contributed by atoms with Crippen LogP contribution in [0, 0.1) is 0 Å². The fraction of sp³-hybridized carbons (Fsp3) is 0.227. The van der Waals surface area contributed by atoms with Gasteiger partial charge in [0.25, 0.3) is 5.89 Å². The van der Waals surface area contributed by atoms with Crippen LogP contribution in [-0.4, -0.2) is 36.5 Å². The van der Waals surface area contributed by atoms with Crippen molar-refractivity contribution in [2.75, 3.05) is 5.32 Å². The molecule has 0 fully saturated rings. The number of hydrogen-bond donors (Lipinski definition) is 3. The minimum atomic E-state index is -1.27. The van der Waals surface area contributed by atoms with Crippen molar-refractivity contribution in [3.63, 3.8) is 0 Å². The van der Waals surface area contributed by atoms with Gasteiger partial charge in [-0.25, -0.2) is 4.98 Å². The molecule has 0 bridgehead atoms. The molecule has 33 heavy (non-hydrogen) atoms. The average Bonchev–Trinajstić information content (AvgIpc) is 3.27. The molecule has 1 aliphatic rings. The summed E-state index contributed by atoms with van der Waals surface area (Å²) in [5.41, 5.74) is 1.77. The van der Waals surface area contributed by atoms with E-state index in [1.807, 2.05) is 0 Å². The van der Waals surface area contributed by atoms with E-state index < -0.39 is 11.8 Å². The Hall–Kier alpha value is -3.11. The predicted molar refractivity (Wildman–Crippen MR) is 125 cm³/mol. The Morgan fingerprint density at radius 3 is 2.64 bits per heavy atom. The number of pyridine rings is 2. The first-order chi connectivity index (χ1) is 15.7. The largest absolute Gasteiger partial charge is 0.381 e. The van der Waals surface area contributed by atoms with Gasteiger partial charge in [-0.2, -0.15) is 4.98 Å². The maximum Gasteiger partial charge on any atom is 0.258 e. The molecule has 5 rings (SSSR count). The van der Waals surface area contributed by atoms with Crippen LogP contribution >= 0.6 is 23.2 Å². The number of aliphatic hydroxyl groups is 2. The Kier molecular flexibility index (Phi) is 5.29. The highest BCUT2D eigenvalue weighted by molar-refractivity contribution is 6.39. The van der Waals surface area contributed by atoms with Crippen molar-refractivity contribution >= 4 is 51.8 Å². The molecule has 1 aromatic carbocycles. The van der Waals surface area contributed by atoms with E-state index in [2.05, 4.69) is 25.4 Å². The topological polar surface area (TPSA) is 130 Å². The third kappa shape index (κ3) is 3.93. The second-order valence-corrected chi connectivity index (χ2v) is 8.89. The normalized spacial score (nSPS) is 15.6. The molecular weight excluding hydrogens is 467 g/mol. The smallest absolute Gasteiger partial charge is 0.258 e. The van der Waals surface area contributed by atoms with Crippen LogP contribution in [0.2, 0.25) is 10.0 Å². The van der Waals surface area contributed by atoms with E-state index in [1.54, 1.807) is 50.7 Å². The van der Waals surface area contributed by atoms with E-state index in [-0.39, 0.29) is 11.7 Å². The molecule has 1 unspecified atom stereocenters. The molecule has 168 valence electrons. The lowest BCUT2D eigenvalue weighted by Crippen LogP contribution is -2.15. The van der Waals surface area contributed by atoms with Crippen LogP contribution < -0.4 is 5.32 Å². The molecule has 3 N–H and O–H groups in total. The highest BCUT2D eigenvalue weighted by Gasteiger charge is 2.26. The van der Waals surface area contributed by atoms with E-state index >= 15 is 0 Å². The van der Waals surface area contributed by atoms with Gasteiger partial charge in [-0.05, 0) is 32.0 Å². The summed E-state index contributed by atoms with van der Waals surface area (Å²) in [6, 6.07) is 5.04. The van der Waals surface area contributed by atoms with Gasteiger partial charge in [0.2, 0.25) is 5.82 Å². The summed E-state index contributed by atoms with van der Waals surface area (Å²) in [4.78, 5) is 17.2. The second-order valence-electron chi connectivity index (χ2n) is 8.08. The lowest BCUT2D eigenvalue weighted by Gasteiger charge is -2.22. The molecule has 9 nitrogen and oxygen atoms in total. The Bertz CT molecular complexity index is 1390. The van der Waals surface area contributed by atoms with E-state index in [0.717, 1.165) is 10.9 Å². The zero-order valence-corrected chi connectivity index (χ0v) is 19.1. The summed E-state index contributed by atoms with van der Waals surface area (Å²) in [7, 11) is 0. The first kappa shape index (κ1) is 21.7. The molecule has 1 atom stereocenters. The minimum absolute atomic E-state index is 0.0775. The number of aromatic nitrogens is 4. The number of anilines is 2. The lowest BCUT2D eigenvalue weighted by molar-refractivity contribution is 0.0420. The molecule has 0 amide bonds. The number of nitrogens with zero attached hydrogens (tertiary/aromatic N) is 5. The summed E-state index contributed by atoms with van der Waals surface area (Å²) in [5.74, 6) is 0.832. The van der Waals surface area contributed by atoms with Gasteiger partial charge in [0.1, 0.15) is 11.4 Å². The van der Waals surface area contributed by atoms with E-state index in [1.165, 1.54) is 0 Å². The molecule has 0 aliphatic carbocycles. The Morgan fingerprint density at radius 2 is 1.94 bits per heavy atom. The van der Waals surface area contributed by atoms with Crippen molar-refractivity contribution in [3.05, 3.63) is 57.7 Å². The molecule has 0 saturated heterocycles. The molecule has 4 aromatic rings. The van der Waals surface area contributed by atoms with Crippen LogP contribution in [0.1, 0.15) is 37.1 Å². The SMILES string of the molecule is CC(C)(O)c1nc(-c2cc(Cl)c(Nc3nc4ccncc4c4c3CC=NC4O)c(Cl)c2)no1. The van der Waals surface area contributed by atoms with E-state index in [9.17, 15) is 10.2 Å². The Balaban J connectivity index is 1.56. The number of fused-ring (bicyclic) bond motifs is 3. The summed E-state index contributed by atoms with van der Waals surface area (Å²) in [6.07, 6.45) is 4.40. The van der Waals surface area contributed by atoms with Crippen LogP contribution in [0.25, 0.3) is 22.3 Å². The summed E-state index contributed by atoms with van der Waals surface area (Å²) in [6.45, 7) is 3.10. The van der Waals surface area contributed by atoms with Crippen LogP contribution in [-0.2, 0) is 12.0 Å². The molecule has 11 heteroatoms. The molecule has 0 spiro atoms. The molecule has 3 aromatic heterocycles. The van der Waals surface area contributed by atoms with Gasteiger partial charge < -0.3 is 20.1 Å². The molecule has 0 saturated carbocycles. The van der Waals surface area contributed by atoms with Gasteiger partial charge >= 0.3 is 0 Å². The third-order valence-corrected chi connectivity index (χ3v) is 5.82. The van der Waals surface area contributed by atoms with Crippen LogP contribution in [0.3, 0.4) is 0 Å². The van der Waals surface area contributed by atoms with Crippen molar-refractivity contribution in [1.29, 1.82) is 0 Å². The van der Waals surface area contributed by atoms with Gasteiger partial charge in [-0.15, -0.1) is 0 Å². The van der Waals surface area contributed by atoms with E-state index in [0.29, 0.717) is 44.6 Å². The summed E-state index contributed by atoms with van der Waals surface area (Å²) < 4.78 is 5.14. The number of rotatable bonds is 4. The highest BCUT2D eigenvalue weighted by atomic mass is 35.5. The maximum atomic E-state index is 10.5. The zero-order chi connectivity index (χ0) is 23.3. The van der Waals surface area contributed by atoms with Gasteiger partial charge in [0.05, 0.1) is 21.2 Å². The molecular formula is C22H18Cl2N6O3. The third-order valence-electron chi connectivity index (χ3n) is 5.22. The number of nitrogens with one attached hydrogen (secondary N) is 1. The first-order valence-electron chi connectivity index (χ1n) is 10.0. The first-order valence-corrected chi connectivity index (χ1v) is 10.8. The number of hydrogen-bond acceptors (Lipinski definition) is 9. The lowest BCUT2D eigenvalue weighted by atomic mass is 9.98. The minimum Gasteiger partial charge on any atom is -0.381 e. The average molecular weight is 485 g/mol. The Morgan fingerprint density at radius 1 is 1.18 bits per heavy atom. The van der Waals surface area contributed by atoms with Gasteiger partial charge in [0.15, 0.2) is 6.23 Å². The number of aliphatic hydroxyl groups excluding tert-OH is 1. The second kappa shape index (κ2) is 8.03. The van der Waals surface area contributed by atoms with E-state index in [4.69, 9.17) is 32.7 Å². The fourth-order valence-electron chi connectivity index (χ4n) is 3.62.